The molecule has 4 aromatic carbocycles. The maximum atomic E-state index is 14.1. The minimum absolute atomic E-state index is 0.253. The van der Waals surface area contributed by atoms with Gasteiger partial charge in [0.15, 0.2) is 0 Å². The van der Waals surface area contributed by atoms with E-state index in [-0.39, 0.29) is 11.8 Å². The Kier molecular flexibility index (Phi) is 10.5. The van der Waals surface area contributed by atoms with E-state index >= 15 is 0 Å². The Labute approximate surface area is 288 Å². The molecule has 1 atom stereocenters. The van der Waals surface area contributed by atoms with Crippen LogP contribution in [0.15, 0.2) is 114 Å². The van der Waals surface area contributed by atoms with Gasteiger partial charge >= 0.3 is 5.97 Å². The van der Waals surface area contributed by atoms with Gasteiger partial charge in [-0.2, -0.15) is 0 Å². The average molecular weight is 678 g/mol. The lowest BCUT2D eigenvalue weighted by molar-refractivity contribution is -0.115. The molecule has 1 aliphatic heterocycles. The Balaban J connectivity index is 1.22. The van der Waals surface area contributed by atoms with Crippen LogP contribution in [0.1, 0.15) is 47.5 Å². The number of ether oxygens (including phenoxy) is 2. The molecule has 0 saturated carbocycles. The molecular weight excluding hydrogens is 643 g/mol. The monoisotopic (exact) mass is 677 g/mol. The summed E-state index contributed by atoms with van der Waals surface area (Å²) >= 11 is 2.81. The molecule has 0 radical (unpaired) electrons. The first-order valence-corrected chi connectivity index (χ1v) is 17.2. The molecule has 2 N–H and O–H groups in total. The third-order valence-corrected chi connectivity index (χ3v) is 10.4. The van der Waals surface area contributed by atoms with Crippen LogP contribution >= 0.6 is 23.1 Å². The lowest BCUT2D eigenvalue weighted by Gasteiger charge is -2.27. The summed E-state index contributed by atoms with van der Waals surface area (Å²) in [5, 5.41) is 5.91. The molecule has 2 heterocycles. The van der Waals surface area contributed by atoms with Crippen molar-refractivity contribution in [2.24, 2.45) is 0 Å². The van der Waals surface area contributed by atoms with Crippen molar-refractivity contribution in [2.75, 3.05) is 31.4 Å². The summed E-state index contributed by atoms with van der Waals surface area (Å²) in [5.41, 5.74) is 4.51. The largest absolute Gasteiger partial charge is 0.497 e. The van der Waals surface area contributed by atoms with Gasteiger partial charge < -0.3 is 20.1 Å². The summed E-state index contributed by atoms with van der Waals surface area (Å²) in [6, 6.07) is 34.1. The van der Waals surface area contributed by atoms with Crippen LogP contribution in [0.25, 0.3) is 0 Å². The smallest absolute Gasteiger partial charge is 0.341 e. The second-order valence-corrected chi connectivity index (χ2v) is 13.5. The summed E-state index contributed by atoms with van der Waals surface area (Å²) in [5.74, 6) is -0.301. The van der Waals surface area contributed by atoms with E-state index in [4.69, 9.17) is 9.47 Å². The van der Waals surface area contributed by atoms with E-state index in [1.807, 2.05) is 72.8 Å². The van der Waals surface area contributed by atoms with Crippen molar-refractivity contribution < 1.29 is 23.9 Å². The molecular formula is C38H35N3O5S2. The maximum absolute atomic E-state index is 14.1. The standard InChI is InChI=1S/C38H35N3O5S2/c1-45-29-18-16-27(17-19-29)35(42)39-28-14-9-15-30(22-28)47-34(26-12-7-4-8-13-26)36(43)40-37-33(38(44)46-2)31-20-21-41(24-32(31)48-37)23-25-10-5-3-6-11-25/h3-19,22,34H,20-21,23-24H2,1-2H3,(H,39,42)(H,40,43). The van der Waals surface area contributed by atoms with Crippen molar-refractivity contribution in [3.63, 3.8) is 0 Å². The van der Waals surface area contributed by atoms with Gasteiger partial charge in [-0.15, -0.1) is 23.1 Å². The highest BCUT2D eigenvalue weighted by molar-refractivity contribution is 8.00. The Morgan fingerprint density at radius 3 is 2.31 bits per heavy atom. The molecule has 2 amide bonds. The molecule has 0 saturated heterocycles. The van der Waals surface area contributed by atoms with Crippen molar-refractivity contribution in [1.29, 1.82) is 0 Å². The molecule has 244 valence electrons. The van der Waals surface area contributed by atoms with Crippen LogP contribution in [0.2, 0.25) is 0 Å². The fourth-order valence-corrected chi connectivity index (χ4v) is 8.01. The predicted molar refractivity (Wildman–Crippen MR) is 191 cm³/mol. The van der Waals surface area contributed by atoms with Crippen molar-refractivity contribution in [3.8, 4) is 5.75 Å². The van der Waals surface area contributed by atoms with E-state index in [2.05, 4.69) is 27.7 Å². The van der Waals surface area contributed by atoms with Crippen molar-refractivity contribution in [1.82, 2.24) is 4.90 Å². The molecule has 0 fully saturated rings. The van der Waals surface area contributed by atoms with E-state index in [9.17, 15) is 14.4 Å². The first-order chi connectivity index (χ1) is 23.4. The normalized spacial score (nSPS) is 13.2. The van der Waals surface area contributed by atoms with Gasteiger partial charge in [-0.1, -0.05) is 66.7 Å². The average Bonchev–Trinajstić information content (AvgIpc) is 3.48. The number of esters is 1. The van der Waals surface area contributed by atoms with Crippen LogP contribution in [-0.2, 0) is 29.0 Å². The first kappa shape index (κ1) is 33.0. The number of anilines is 2. The summed E-state index contributed by atoms with van der Waals surface area (Å²) in [6.45, 7) is 2.28. The van der Waals surface area contributed by atoms with E-state index in [1.165, 1.54) is 35.8 Å². The van der Waals surface area contributed by atoms with Crippen LogP contribution < -0.4 is 15.4 Å². The number of thiophene rings is 1. The number of nitrogens with zero attached hydrogens (tertiary/aromatic N) is 1. The van der Waals surface area contributed by atoms with E-state index < -0.39 is 11.2 Å². The van der Waals surface area contributed by atoms with Crippen molar-refractivity contribution >= 4 is 51.6 Å². The minimum atomic E-state index is -0.641. The molecule has 1 aliphatic rings. The topological polar surface area (TPSA) is 97.0 Å². The van der Waals surface area contributed by atoms with E-state index in [0.717, 1.165) is 34.0 Å². The second kappa shape index (κ2) is 15.3. The number of benzene rings is 4. The number of thioether (sulfide) groups is 1. The lowest BCUT2D eigenvalue weighted by atomic mass is 10.0. The molecule has 0 bridgehead atoms. The minimum Gasteiger partial charge on any atom is -0.497 e. The van der Waals surface area contributed by atoms with E-state index in [0.29, 0.717) is 40.5 Å². The number of amides is 2. The van der Waals surface area contributed by atoms with Gasteiger partial charge in [0.25, 0.3) is 5.91 Å². The third kappa shape index (κ3) is 7.79. The number of hydrogen-bond donors (Lipinski definition) is 2. The van der Waals surface area contributed by atoms with Gasteiger partial charge in [0, 0.05) is 40.7 Å². The number of carbonyl (C=O) groups is 3. The van der Waals surface area contributed by atoms with Gasteiger partial charge in [0.05, 0.1) is 19.8 Å². The third-order valence-electron chi connectivity index (χ3n) is 8.05. The molecule has 1 aromatic heterocycles. The fraction of sp³-hybridized carbons (Fsp3) is 0.184. The maximum Gasteiger partial charge on any atom is 0.341 e. The highest BCUT2D eigenvalue weighted by Crippen LogP contribution is 2.41. The Morgan fingerprint density at radius 1 is 0.875 bits per heavy atom. The number of rotatable bonds is 11. The molecule has 1 unspecified atom stereocenters. The fourth-order valence-electron chi connectivity index (χ4n) is 5.65. The van der Waals surface area contributed by atoms with Gasteiger partial charge in [0.1, 0.15) is 16.0 Å². The number of carbonyl (C=O) groups excluding carboxylic acids is 3. The predicted octanol–water partition coefficient (Wildman–Crippen LogP) is 7.83. The van der Waals surface area contributed by atoms with Gasteiger partial charge in [-0.25, -0.2) is 4.79 Å². The van der Waals surface area contributed by atoms with Crippen LogP contribution in [0.4, 0.5) is 10.7 Å². The summed E-state index contributed by atoms with van der Waals surface area (Å²) in [6.07, 6.45) is 0.685. The molecule has 6 rings (SSSR count). The summed E-state index contributed by atoms with van der Waals surface area (Å²) in [4.78, 5) is 44.3. The van der Waals surface area contributed by atoms with Crippen LogP contribution in [0.3, 0.4) is 0 Å². The molecule has 10 heteroatoms. The molecule has 0 spiro atoms. The Morgan fingerprint density at radius 2 is 1.60 bits per heavy atom. The number of methoxy groups -OCH3 is 2. The summed E-state index contributed by atoms with van der Waals surface area (Å²) in [7, 11) is 2.94. The summed E-state index contributed by atoms with van der Waals surface area (Å²) < 4.78 is 10.4. The highest BCUT2D eigenvalue weighted by Gasteiger charge is 2.31. The Bertz CT molecular complexity index is 1900. The molecule has 0 aliphatic carbocycles. The first-order valence-electron chi connectivity index (χ1n) is 15.5. The van der Waals surface area contributed by atoms with E-state index in [1.54, 1.807) is 31.4 Å². The van der Waals surface area contributed by atoms with Crippen molar-refractivity contribution in [2.45, 2.75) is 29.7 Å². The molecule has 8 nitrogen and oxygen atoms in total. The zero-order chi connectivity index (χ0) is 33.5. The van der Waals surface area contributed by atoms with Crippen molar-refractivity contribution in [3.05, 3.63) is 142 Å². The molecule has 48 heavy (non-hydrogen) atoms. The highest BCUT2D eigenvalue weighted by atomic mass is 32.2. The SMILES string of the molecule is COC(=O)c1c(NC(=O)C(Sc2cccc(NC(=O)c3ccc(OC)cc3)c2)c2ccccc2)sc2c1CCN(Cc1ccccc1)C2. The van der Waals surface area contributed by atoms with Gasteiger partial charge in [0.2, 0.25) is 5.91 Å². The number of hydrogen-bond acceptors (Lipinski definition) is 8. The van der Waals surface area contributed by atoms with Gasteiger partial charge in [-0.05, 0) is 65.6 Å². The Hall–Kier alpha value is -4.90. The van der Waals surface area contributed by atoms with Crippen LogP contribution in [-0.4, -0.2) is 43.4 Å². The van der Waals surface area contributed by atoms with Crippen LogP contribution in [0, 0.1) is 0 Å². The number of fused-ring (bicyclic) bond motifs is 1. The van der Waals surface area contributed by atoms with Crippen LogP contribution in [0.5, 0.6) is 5.75 Å². The molecule has 5 aromatic rings. The lowest BCUT2D eigenvalue weighted by Crippen LogP contribution is -2.29. The quantitative estimate of drug-likeness (QED) is 0.109. The second-order valence-electron chi connectivity index (χ2n) is 11.3. The zero-order valence-electron chi connectivity index (χ0n) is 26.6. The zero-order valence-corrected chi connectivity index (χ0v) is 28.2. The van der Waals surface area contributed by atoms with Gasteiger partial charge in [-0.3, -0.25) is 14.5 Å². The number of nitrogens with one attached hydrogen (secondary N) is 2.